The third-order valence-corrected chi connectivity index (χ3v) is 4.18. The first-order valence-electron chi connectivity index (χ1n) is 7.98. The monoisotopic (exact) mass is 283 g/mol. The number of ether oxygens (including phenoxy) is 1. The molecule has 0 unspecified atom stereocenters. The number of hydrogen-bond donors (Lipinski definition) is 1. The molecule has 0 atom stereocenters. The van der Waals surface area contributed by atoms with Gasteiger partial charge in [0.15, 0.2) is 0 Å². The van der Waals surface area contributed by atoms with E-state index in [0.717, 1.165) is 64.7 Å². The van der Waals surface area contributed by atoms with Crippen molar-refractivity contribution in [3.8, 4) is 0 Å². The van der Waals surface area contributed by atoms with Crippen LogP contribution in [0.5, 0.6) is 0 Å². The number of hydrogen-bond acceptors (Lipinski definition) is 3. The summed E-state index contributed by atoms with van der Waals surface area (Å²) in [6.45, 7) is 11.9. The maximum atomic E-state index is 12.0. The molecule has 2 amide bonds. The topological polar surface area (TPSA) is 44.8 Å². The molecule has 2 saturated heterocycles. The van der Waals surface area contributed by atoms with E-state index in [1.54, 1.807) is 0 Å². The highest BCUT2D eigenvalue weighted by Crippen LogP contribution is 2.19. The largest absolute Gasteiger partial charge is 0.379 e. The van der Waals surface area contributed by atoms with Gasteiger partial charge in [-0.3, -0.25) is 4.90 Å². The Morgan fingerprint density at radius 1 is 1.20 bits per heavy atom. The lowest BCUT2D eigenvalue weighted by molar-refractivity contribution is 0.0258. The van der Waals surface area contributed by atoms with Gasteiger partial charge < -0.3 is 15.0 Å². The highest BCUT2D eigenvalue weighted by molar-refractivity contribution is 5.74. The lowest BCUT2D eigenvalue weighted by Gasteiger charge is -2.36. The van der Waals surface area contributed by atoms with Crippen LogP contribution >= 0.6 is 0 Å². The summed E-state index contributed by atoms with van der Waals surface area (Å²) < 4.78 is 5.38. The van der Waals surface area contributed by atoms with E-state index < -0.39 is 0 Å². The van der Waals surface area contributed by atoms with Crippen molar-refractivity contribution in [3.05, 3.63) is 0 Å². The van der Waals surface area contributed by atoms with E-state index in [2.05, 4.69) is 24.1 Å². The third kappa shape index (κ3) is 4.94. The quantitative estimate of drug-likeness (QED) is 0.848. The summed E-state index contributed by atoms with van der Waals surface area (Å²) in [6.07, 6.45) is 2.26. The Kier molecular flexibility index (Phi) is 6.10. The van der Waals surface area contributed by atoms with Crippen LogP contribution in [0.3, 0.4) is 0 Å². The second kappa shape index (κ2) is 7.84. The van der Waals surface area contributed by atoms with Crippen LogP contribution in [-0.4, -0.2) is 68.3 Å². The number of nitrogens with zero attached hydrogens (tertiary/aromatic N) is 2. The number of amides is 2. The normalized spacial score (nSPS) is 22.2. The molecule has 116 valence electrons. The average molecular weight is 283 g/mol. The SMILES string of the molecule is CC(C)CNC(=O)N1CCC(CN2CCOCC2)CC1. The van der Waals surface area contributed by atoms with Gasteiger partial charge in [0, 0.05) is 39.3 Å². The maximum Gasteiger partial charge on any atom is 0.317 e. The molecule has 5 heteroatoms. The molecular formula is C15H29N3O2. The standard InChI is InChI=1S/C15H29N3O2/c1-13(2)11-16-15(19)18-5-3-14(4-6-18)12-17-7-9-20-10-8-17/h13-14H,3-12H2,1-2H3,(H,16,19). The van der Waals surface area contributed by atoms with E-state index in [0.29, 0.717) is 5.92 Å². The Bertz CT molecular complexity index is 295. The summed E-state index contributed by atoms with van der Waals surface area (Å²) in [4.78, 5) is 16.5. The second-order valence-corrected chi connectivity index (χ2v) is 6.42. The van der Waals surface area contributed by atoms with Crippen LogP contribution in [0.2, 0.25) is 0 Å². The molecule has 2 fully saturated rings. The van der Waals surface area contributed by atoms with Crippen LogP contribution in [0.15, 0.2) is 0 Å². The van der Waals surface area contributed by atoms with E-state index >= 15 is 0 Å². The Morgan fingerprint density at radius 2 is 1.85 bits per heavy atom. The van der Waals surface area contributed by atoms with Crippen molar-refractivity contribution in [1.29, 1.82) is 0 Å². The van der Waals surface area contributed by atoms with Gasteiger partial charge in [0.25, 0.3) is 0 Å². The number of piperidine rings is 1. The van der Waals surface area contributed by atoms with Crippen LogP contribution in [0.1, 0.15) is 26.7 Å². The predicted molar refractivity (Wildman–Crippen MR) is 79.8 cm³/mol. The van der Waals surface area contributed by atoms with E-state index in [1.807, 2.05) is 4.90 Å². The molecule has 1 N–H and O–H groups in total. The fourth-order valence-electron chi connectivity index (χ4n) is 2.87. The van der Waals surface area contributed by atoms with Gasteiger partial charge in [-0.25, -0.2) is 4.79 Å². The van der Waals surface area contributed by atoms with Crippen molar-refractivity contribution in [1.82, 2.24) is 15.1 Å². The number of carbonyl (C=O) groups excluding carboxylic acids is 1. The first-order chi connectivity index (χ1) is 9.65. The number of urea groups is 1. The van der Waals surface area contributed by atoms with Crippen LogP contribution in [0.25, 0.3) is 0 Å². The van der Waals surface area contributed by atoms with Gasteiger partial charge in [0.2, 0.25) is 0 Å². The van der Waals surface area contributed by atoms with Crippen LogP contribution in [-0.2, 0) is 4.74 Å². The molecule has 0 spiro atoms. The molecule has 0 aromatic heterocycles. The number of nitrogens with one attached hydrogen (secondary N) is 1. The van der Waals surface area contributed by atoms with Gasteiger partial charge in [0.1, 0.15) is 0 Å². The minimum atomic E-state index is 0.114. The van der Waals surface area contributed by atoms with Gasteiger partial charge in [0.05, 0.1) is 13.2 Å². The molecule has 2 aliphatic heterocycles. The number of morpholine rings is 1. The van der Waals surface area contributed by atoms with E-state index in [-0.39, 0.29) is 6.03 Å². The van der Waals surface area contributed by atoms with Crippen LogP contribution < -0.4 is 5.32 Å². The van der Waals surface area contributed by atoms with E-state index in [1.165, 1.54) is 6.54 Å². The first-order valence-corrected chi connectivity index (χ1v) is 7.98. The zero-order valence-electron chi connectivity index (χ0n) is 12.9. The van der Waals surface area contributed by atoms with E-state index in [9.17, 15) is 4.79 Å². The van der Waals surface area contributed by atoms with Gasteiger partial charge in [-0.1, -0.05) is 13.8 Å². The van der Waals surface area contributed by atoms with Crippen LogP contribution in [0.4, 0.5) is 4.79 Å². The van der Waals surface area contributed by atoms with Gasteiger partial charge in [-0.15, -0.1) is 0 Å². The zero-order chi connectivity index (χ0) is 14.4. The molecule has 20 heavy (non-hydrogen) atoms. The number of carbonyl (C=O) groups is 1. The van der Waals surface area contributed by atoms with Crippen molar-refractivity contribution in [3.63, 3.8) is 0 Å². The maximum absolute atomic E-state index is 12.0. The molecule has 0 aromatic rings. The summed E-state index contributed by atoms with van der Waals surface area (Å²) in [5.41, 5.74) is 0. The third-order valence-electron chi connectivity index (χ3n) is 4.18. The summed E-state index contributed by atoms with van der Waals surface area (Å²) in [5.74, 6) is 1.25. The van der Waals surface area contributed by atoms with Crippen molar-refractivity contribution in [2.45, 2.75) is 26.7 Å². The summed E-state index contributed by atoms with van der Waals surface area (Å²) in [6, 6.07) is 0.114. The molecule has 0 radical (unpaired) electrons. The van der Waals surface area contributed by atoms with E-state index in [4.69, 9.17) is 4.74 Å². The molecule has 0 aliphatic carbocycles. The minimum absolute atomic E-state index is 0.114. The molecule has 0 saturated carbocycles. The number of rotatable bonds is 4. The summed E-state index contributed by atoms with van der Waals surface area (Å²) in [7, 11) is 0. The predicted octanol–water partition coefficient (Wildman–Crippen LogP) is 1.40. The first kappa shape index (κ1) is 15.6. The van der Waals surface area contributed by atoms with Crippen molar-refractivity contribution in [2.24, 2.45) is 11.8 Å². The van der Waals surface area contributed by atoms with Crippen molar-refractivity contribution in [2.75, 3.05) is 52.5 Å². The second-order valence-electron chi connectivity index (χ2n) is 6.42. The van der Waals surface area contributed by atoms with Crippen molar-refractivity contribution < 1.29 is 9.53 Å². The molecule has 0 aromatic carbocycles. The molecular weight excluding hydrogens is 254 g/mol. The Morgan fingerprint density at radius 3 is 2.45 bits per heavy atom. The zero-order valence-corrected chi connectivity index (χ0v) is 12.9. The smallest absolute Gasteiger partial charge is 0.317 e. The highest BCUT2D eigenvalue weighted by atomic mass is 16.5. The molecule has 2 rings (SSSR count). The number of likely N-dealkylation sites (tertiary alicyclic amines) is 1. The lowest BCUT2D eigenvalue weighted by Crippen LogP contribution is -2.47. The fourth-order valence-corrected chi connectivity index (χ4v) is 2.87. The molecule has 0 bridgehead atoms. The Labute approximate surface area is 122 Å². The minimum Gasteiger partial charge on any atom is -0.379 e. The molecule has 2 heterocycles. The van der Waals surface area contributed by atoms with Crippen molar-refractivity contribution >= 4 is 6.03 Å². The van der Waals surface area contributed by atoms with Gasteiger partial charge >= 0.3 is 6.03 Å². The summed E-state index contributed by atoms with van der Waals surface area (Å²) >= 11 is 0. The lowest BCUT2D eigenvalue weighted by atomic mass is 9.96. The highest BCUT2D eigenvalue weighted by Gasteiger charge is 2.24. The average Bonchev–Trinajstić information content (AvgIpc) is 2.46. The summed E-state index contributed by atoms with van der Waals surface area (Å²) in [5, 5.41) is 3.01. The van der Waals surface area contributed by atoms with Gasteiger partial charge in [-0.2, -0.15) is 0 Å². The fraction of sp³-hybridized carbons (Fsp3) is 0.933. The van der Waals surface area contributed by atoms with Crippen LogP contribution in [0, 0.1) is 11.8 Å². The molecule has 2 aliphatic rings. The van der Waals surface area contributed by atoms with Gasteiger partial charge in [-0.05, 0) is 24.7 Å². The Balaban J connectivity index is 1.65. The Hall–Kier alpha value is -0.810. The molecule has 5 nitrogen and oxygen atoms in total.